The van der Waals surface area contributed by atoms with Crippen LogP contribution in [0.5, 0.6) is 17.2 Å². The number of rotatable bonds is 23. The summed E-state index contributed by atoms with van der Waals surface area (Å²) in [4.78, 5) is 0. The molecule has 0 saturated heterocycles. The summed E-state index contributed by atoms with van der Waals surface area (Å²) >= 11 is 0. The molecule has 1 fully saturated rings. The molecule has 3 aromatic carbocycles. The van der Waals surface area contributed by atoms with Gasteiger partial charge in [0.1, 0.15) is 17.2 Å². The van der Waals surface area contributed by atoms with Crippen molar-refractivity contribution < 1.29 is 14.2 Å². The van der Waals surface area contributed by atoms with Crippen molar-refractivity contribution in [1.29, 1.82) is 0 Å². The van der Waals surface area contributed by atoms with E-state index in [9.17, 15) is 0 Å². The fourth-order valence-electron chi connectivity index (χ4n) is 6.75. The van der Waals surface area contributed by atoms with Gasteiger partial charge in [-0.3, -0.25) is 0 Å². The van der Waals surface area contributed by atoms with Crippen molar-refractivity contribution in [2.75, 3.05) is 19.8 Å². The molecule has 1 aliphatic carbocycles. The summed E-state index contributed by atoms with van der Waals surface area (Å²) in [6, 6.07) is 26.4. The lowest BCUT2D eigenvalue weighted by Crippen LogP contribution is -2.13. The first-order valence-electron chi connectivity index (χ1n) is 18.9. The molecule has 0 atom stereocenters. The van der Waals surface area contributed by atoms with Gasteiger partial charge in [-0.05, 0) is 136 Å². The summed E-state index contributed by atoms with van der Waals surface area (Å²) in [5.41, 5.74) is 4.50. The van der Waals surface area contributed by atoms with E-state index in [4.69, 9.17) is 14.2 Å². The number of hydrogen-bond donors (Lipinski definition) is 0. The maximum absolute atomic E-state index is 6.04. The summed E-state index contributed by atoms with van der Waals surface area (Å²) in [5.74, 6) is 4.44. The monoisotopic (exact) mass is 626 g/mol. The summed E-state index contributed by atoms with van der Waals surface area (Å²) in [6.45, 7) is 6.74. The molecule has 46 heavy (non-hydrogen) atoms. The average Bonchev–Trinajstić information content (AvgIpc) is 3.10. The Labute approximate surface area is 281 Å². The van der Waals surface area contributed by atoms with Gasteiger partial charge in [-0.2, -0.15) is 0 Å². The Kier molecular flexibility index (Phi) is 17.0. The molecule has 1 saturated carbocycles. The van der Waals surface area contributed by atoms with Crippen LogP contribution >= 0.6 is 0 Å². The van der Waals surface area contributed by atoms with E-state index in [0.717, 1.165) is 55.6 Å². The van der Waals surface area contributed by atoms with Gasteiger partial charge in [0.2, 0.25) is 0 Å². The minimum Gasteiger partial charge on any atom is -0.494 e. The molecule has 1 aliphatic rings. The Morgan fingerprint density at radius 2 is 0.913 bits per heavy atom. The smallest absolute Gasteiger partial charge is 0.119 e. The number of benzene rings is 3. The molecule has 4 rings (SSSR count). The van der Waals surface area contributed by atoms with E-state index in [1.165, 1.54) is 113 Å². The highest BCUT2D eigenvalue weighted by Crippen LogP contribution is 2.38. The number of unbranched alkanes of at least 4 members (excludes halogenated alkanes) is 7. The van der Waals surface area contributed by atoms with Gasteiger partial charge in [0.15, 0.2) is 0 Å². The lowest BCUT2D eigenvalue weighted by molar-refractivity contribution is 0.265. The van der Waals surface area contributed by atoms with Gasteiger partial charge in [-0.15, -0.1) is 0 Å². The van der Waals surface area contributed by atoms with Crippen molar-refractivity contribution in [2.45, 2.75) is 135 Å². The summed E-state index contributed by atoms with van der Waals surface area (Å²) in [7, 11) is 0. The molecule has 0 unspecified atom stereocenters. The molecular weight excluding hydrogens is 564 g/mol. The molecule has 0 amide bonds. The van der Waals surface area contributed by atoms with Gasteiger partial charge in [0, 0.05) is 0 Å². The topological polar surface area (TPSA) is 27.7 Å². The third-order valence-electron chi connectivity index (χ3n) is 9.78. The summed E-state index contributed by atoms with van der Waals surface area (Å²) < 4.78 is 17.8. The number of aryl methyl sites for hydroxylation is 2. The van der Waals surface area contributed by atoms with Gasteiger partial charge in [0.25, 0.3) is 0 Å². The molecule has 0 spiro atoms. The fraction of sp³-hybridized carbons (Fsp3) is 0.581. The first-order valence-corrected chi connectivity index (χ1v) is 18.9. The Morgan fingerprint density at radius 3 is 1.43 bits per heavy atom. The molecule has 0 radical (unpaired) electrons. The summed E-state index contributed by atoms with van der Waals surface area (Å²) in [6.07, 6.45) is 22.8. The maximum Gasteiger partial charge on any atom is 0.119 e. The van der Waals surface area contributed by atoms with Crippen molar-refractivity contribution in [3.8, 4) is 17.2 Å². The van der Waals surface area contributed by atoms with Gasteiger partial charge in [-0.25, -0.2) is 0 Å². The quantitative estimate of drug-likeness (QED) is 0.0980. The highest BCUT2D eigenvalue weighted by atomic mass is 16.5. The molecule has 0 heterocycles. The highest BCUT2D eigenvalue weighted by Gasteiger charge is 2.22. The van der Waals surface area contributed by atoms with Crippen LogP contribution in [0.15, 0.2) is 72.8 Å². The van der Waals surface area contributed by atoms with E-state index in [0.29, 0.717) is 12.5 Å². The molecule has 3 aromatic rings. The van der Waals surface area contributed by atoms with E-state index >= 15 is 0 Å². The van der Waals surface area contributed by atoms with Crippen LogP contribution < -0.4 is 14.2 Å². The molecular formula is C43H62O3. The summed E-state index contributed by atoms with van der Waals surface area (Å²) in [5, 5.41) is 0. The van der Waals surface area contributed by atoms with Crippen LogP contribution in [-0.2, 0) is 12.8 Å². The minimum atomic E-state index is 0.704. The molecule has 252 valence electrons. The van der Waals surface area contributed by atoms with Crippen LogP contribution in [0.1, 0.15) is 139 Å². The predicted octanol–water partition coefficient (Wildman–Crippen LogP) is 12.3. The van der Waals surface area contributed by atoms with Crippen molar-refractivity contribution in [2.24, 2.45) is 5.92 Å². The largest absolute Gasteiger partial charge is 0.494 e. The second-order valence-electron chi connectivity index (χ2n) is 13.6. The first kappa shape index (κ1) is 35.9. The fourth-order valence-corrected chi connectivity index (χ4v) is 6.75. The minimum absolute atomic E-state index is 0.704. The third-order valence-corrected chi connectivity index (χ3v) is 9.78. The predicted molar refractivity (Wildman–Crippen MR) is 195 cm³/mol. The van der Waals surface area contributed by atoms with Crippen LogP contribution in [-0.4, -0.2) is 19.8 Å². The Hall–Kier alpha value is -2.94. The van der Waals surface area contributed by atoms with E-state index < -0.39 is 0 Å². The first-order chi connectivity index (χ1) is 22.7. The molecule has 0 aliphatic heterocycles. The highest BCUT2D eigenvalue weighted by molar-refractivity contribution is 5.31. The van der Waals surface area contributed by atoms with Crippen LogP contribution in [0.4, 0.5) is 0 Å². The second kappa shape index (κ2) is 21.8. The van der Waals surface area contributed by atoms with Crippen LogP contribution in [0, 0.1) is 5.92 Å². The zero-order valence-corrected chi connectivity index (χ0v) is 29.2. The van der Waals surface area contributed by atoms with Gasteiger partial charge < -0.3 is 14.2 Å². The standard InChI is InChI=1S/C43H62O3/c1-3-5-7-8-11-33-44-42-29-31-43(32-30-42)46-35-13-12-34-45-41-27-25-40(26-28-41)39-23-21-38(22-24-39)16-10-9-15-37-19-17-36(18-20-37)14-6-4-2/h17-20,25-32,38-39H,3-16,21-24,33-35H2,1-2H3. The maximum atomic E-state index is 6.04. The van der Waals surface area contributed by atoms with Crippen molar-refractivity contribution in [3.63, 3.8) is 0 Å². The van der Waals surface area contributed by atoms with Crippen molar-refractivity contribution in [1.82, 2.24) is 0 Å². The molecule has 0 bridgehead atoms. The van der Waals surface area contributed by atoms with E-state index in [1.54, 1.807) is 0 Å². The number of ether oxygens (including phenoxy) is 3. The van der Waals surface area contributed by atoms with Crippen molar-refractivity contribution >= 4 is 0 Å². The Balaban J connectivity index is 1.01. The van der Waals surface area contributed by atoms with Crippen LogP contribution in [0.2, 0.25) is 0 Å². The van der Waals surface area contributed by atoms with E-state index in [1.807, 2.05) is 24.3 Å². The van der Waals surface area contributed by atoms with Crippen molar-refractivity contribution in [3.05, 3.63) is 89.5 Å². The Morgan fingerprint density at radius 1 is 0.457 bits per heavy atom. The van der Waals surface area contributed by atoms with E-state index in [2.05, 4.69) is 62.4 Å². The number of hydrogen-bond acceptors (Lipinski definition) is 3. The molecule has 0 aromatic heterocycles. The van der Waals surface area contributed by atoms with Crippen LogP contribution in [0.3, 0.4) is 0 Å². The SMILES string of the molecule is CCCCCCCOc1ccc(OCCCCOc2ccc(C3CCC(CCCCc4ccc(CCCC)cc4)CC3)cc2)cc1. The van der Waals surface area contributed by atoms with Crippen LogP contribution in [0.25, 0.3) is 0 Å². The zero-order chi connectivity index (χ0) is 32.1. The van der Waals surface area contributed by atoms with E-state index in [-0.39, 0.29) is 0 Å². The van der Waals surface area contributed by atoms with Gasteiger partial charge in [-0.1, -0.05) is 95.2 Å². The molecule has 3 heteroatoms. The lowest BCUT2D eigenvalue weighted by Gasteiger charge is -2.29. The van der Waals surface area contributed by atoms with Gasteiger partial charge in [0.05, 0.1) is 19.8 Å². The molecule has 3 nitrogen and oxygen atoms in total. The lowest BCUT2D eigenvalue weighted by atomic mass is 9.77. The molecule has 0 N–H and O–H groups in total. The zero-order valence-electron chi connectivity index (χ0n) is 29.2. The second-order valence-corrected chi connectivity index (χ2v) is 13.6. The van der Waals surface area contributed by atoms with Gasteiger partial charge >= 0.3 is 0 Å². The Bertz CT molecular complexity index is 1160. The average molecular weight is 627 g/mol. The third kappa shape index (κ3) is 13.8. The normalized spacial score (nSPS) is 16.3.